The second-order valence-electron chi connectivity index (χ2n) is 15.4. The van der Waals surface area contributed by atoms with E-state index in [9.17, 15) is 0 Å². The van der Waals surface area contributed by atoms with Gasteiger partial charge in [0, 0.05) is 37.9 Å². The molecule has 4 aromatic carbocycles. The van der Waals surface area contributed by atoms with Gasteiger partial charge in [0.15, 0.2) is 0 Å². The van der Waals surface area contributed by atoms with Gasteiger partial charge in [-0.15, -0.1) is 54.1 Å². The molecule has 0 spiro atoms. The van der Waals surface area contributed by atoms with Gasteiger partial charge < -0.3 is 14.4 Å². The molecule has 0 aliphatic carbocycles. The van der Waals surface area contributed by atoms with Gasteiger partial charge in [-0.05, 0) is 57.6 Å². The smallest absolute Gasteiger partial charge is 0.121 e. The van der Waals surface area contributed by atoms with E-state index in [1.165, 1.54) is 21.9 Å². The maximum Gasteiger partial charge on any atom is 0.121 e. The Morgan fingerprint density at radius 3 is 2.18 bits per heavy atom. The van der Waals surface area contributed by atoms with Gasteiger partial charge in [0.05, 0.1) is 13.7 Å². The Morgan fingerprint density at radius 1 is 0.740 bits per heavy atom. The van der Waals surface area contributed by atoms with Crippen molar-refractivity contribution >= 4 is 35.2 Å². The van der Waals surface area contributed by atoms with Crippen LogP contribution in [-0.4, -0.2) is 18.0 Å². The van der Waals surface area contributed by atoms with Crippen LogP contribution in [0.5, 0.6) is 0 Å². The third-order valence-electron chi connectivity index (χ3n) is 8.71. The van der Waals surface area contributed by atoms with Crippen LogP contribution >= 0.6 is 0 Å². The van der Waals surface area contributed by atoms with E-state index in [-0.39, 0.29) is 25.5 Å². The molecule has 1 radical (unpaired) electrons. The Kier molecular flexibility index (Phi) is 11.4. The molecule has 0 aliphatic rings. The predicted octanol–water partition coefficient (Wildman–Crippen LogP) is 11.9. The molecule has 0 aliphatic heterocycles. The van der Waals surface area contributed by atoms with E-state index in [4.69, 9.17) is 4.42 Å². The monoisotopic (exact) mass is 851 g/mol. The van der Waals surface area contributed by atoms with Crippen molar-refractivity contribution in [2.45, 2.75) is 66.6 Å². The molecule has 0 saturated carbocycles. The minimum Gasteiger partial charge on any atom is -0.501 e. The zero-order chi connectivity index (χ0) is 34.8. The summed E-state index contributed by atoms with van der Waals surface area (Å²) in [6.07, 6.45) is 4.98. The van der Waals surface area contributed by atoms with E-state index in [0.29, 0.717) is 5.92 Å². The Labute approximate surface area is 312 Å². The first-order valence-electron chi connectivity index (χ1n) is 17.2. The summed E-state index contributed by atoms with van der Waals surface area (Å²) in [7, 11) is -1.34. The van der Waals surface area contributed by atoms with Gasteiger partial charge >= 0.3 is 0 Å². The fraction of sp³-hybridized carbons (Fsp3) is 0.244. The van der Waals surface area contributed by atoms with E-state index in [0.717, 1.165) is 56.4 Å². The fourth-order valence-corrected chi connectivity index (χ4v) is 8.03. The van der Waals surface area contributed by atoms with E-state index < -0.39 is 8.07 Å². The quantitative estimate of drug-likeness (QED) is 0.124. The number of nitrogens with zero attached hydrogens (tertiary/aromatic N) is 2. The van der Waals surface area contributed by atoms with Gasteiger partial charge in [-0.1, -0.05) is 131 Å². The minimum atomic E-state index is -1.34. The SMILES string of the molecule is CC(C)(C)Cc1ccnc(-c2[c-]ccc3c2oc2cc(-c4ccccc4)ccc23)c1.CC(C)c1cc(-c2[c-]cccc2)ncc1[Si](C)(C)C.[Ir]. The second-order valence-corrected chi connectivity index (χ2v) is 20.4. The topological polar surface area (TPSA) is 38.9 Å². The van der Waals surface area contributed by atoms with Crippen molar-refractivity contribution in [3.05, 3.63) is 139 Å². The van der Waals surface area contributed by atoms with Crippen LogP contribution in [0.15, 0.2) is 120 Å². The van der Waals surface area contributed by atoms with Crippen molar-refractivity contribution in [3.8, 4) is 33.6 Å². The first-order valence-corrected chi connectivity index (χ1v) is 20.7. The van der Waals surface area contributed by atoms with E-state index >= 15 is 0 Å². The molecular formula is C45H46IrN2OSi-2. The van der Waals surface area contributed by atoms with Crippen LogP contribution in [0.25, 0.3) is 55.6 Å². The number of fused-ring (bicyclic) bond motifs is 3. The maximum absolute atomic E-state index is 6.37. The summed E-state index contributed by atoms with van der Waals surface area (Å²) >= 11 is 0. The third kappa shape index (κ3) is 8.58. The molecule has 0 amide bonds. The van der Waals surface area contributed by atoms with Crippen LogP contribution in [0.3, 0.4) is 0 Å². The molecule has 3 nitrogen and oxygen atoms in total. The number of aromatic nitrogens is 2. The van der Waals surface area contributed by atoms with Crippen LogP contribution in [-0.2, 0) is 26.5 Å². The summed E-state index contributed by atoms with van der Waals surface area (Å²) in [6.45, 7) is 18.4. The summed E-state index contributed by atoms with van der Waals surface area (Å²) in [5, 5.41) is 3.69. The molecule has 0 unspecified atom stereocenters. The Morgan fingerprint density at radius 2 is 1.50 bits per heavy atom. The van der Waals surface area contributed by atoms with Gasteiger partial charge in [-0.2, -0.15) is 0 Å². The van der Waals surface area contributed by atoms with Crippen molar-refractivity contribution in [2.75, 3.05) is 0 Å². The molecule has 257 valence electrons. The Balaban J connectivity index is 0.000000211. The molecule has 0 fully saturated rings. The molecule has 7 aromatic rings. The van der Waals surface area contributed by atoms with Crippen LogP contribution in [0.1, 0.15) is 51.7 Å². The van der Waals surface area contributed by atoms with Crippen molar-refractivity contribution in [1.82, 2.24) is 9.97 Å². The zero-order valence-corrected chi connectivity index (χ0v) is 33.8. The van der Waals surface area contributed by atoms with Crippen LogP contribution in [0.4, 0.5) is 0 Å². The number of benzene rings is 4. The number of hydrogen-bond donors (Lipinski definition) is 0. The van der Waals surface area contributed by atoms with Gasteiger partial charge in [-0.25, -0.2) is 0 Å². The van der Waals surface area contributed by atoms with Gasteiger partial charge in [0.2, 0.25) is 0 Å². The van der Waals surface area contributed by atoms with Gasteiger partial charge in [0.25, 0.3) is 0 Å². The molecule has 50 heavy (non-hydrogen) atoms. The molecule has 0 saturated heterocycles. The summed E-state index contributed by atoms with van der Waals surface area (Å²) in [5.74, 6) is 0.534. The Hall–Kier alpha value is -4.15. The second kappa shape index (κ2) is 15.4. The molecule has 0 atom stereocenters. The largest absolute Gasteiger partial charge is 0.501 e. The summed E-state index contributed by atoms with van der Waals surface area (Å²) in [5.41, 5.74) is 10.9. The molecule has 3 aromatic heterocycles. The fourth-order valence-electron chi connectivity index (χ4n) is 6.35. The zero-order valence-electron chi connectivity index (χ0n) is 30.4. The standard InChI is InChI=1S/C28H24NO.C17H22NSi.Ir/c1-28(2,3)18-19-14-15-29-25(16-19)24-11-7-10-23-22-13-12-21(17-26(22)30-27(23)24)20-8-5-4-6-9-20;1-13(2)15-11-16(14-9-7-6-8-10-14)18-12-17(15)19(3,4)5;/h4-10,12-17H,18H2,1-3H3;6-9,11-13H,1-5H3;/q2*-1;. The predicted molar refractivity (Wildman–Crippen MR) is 210 cm³/mol. The van der Waals surface area contributed by atoms with Crippen molar-refractivity contribution < 1.29 is 24.5 Å². The summed E-state index contributed by atoms with van der Waals surface area (Å²) in [4.78, 5) is 9.30. The average Bonchev–Trinajstić information content (AvgIpc) is 3.46. The van der Waals surface area contributed by atoms with E-state index in [1.807, 2.05) is 36.5 Å². The van der Waals surface area contributed by atoms with Crippen molar-refractivity contribution in [1.29, 1.82) is 0 Å². The van der Waals surface area contributed by atoms with E-state index in [1.54, 1.807) is 0 Å². The number of hydrogen-bond acceptors (Lipinski definition) is 3. The summed E-state index contributed by atoms with van der Waals surface area (Å²) in [6, 6.07) is 42.0. The van der Waals surface area contributed by atoms with Gasteiger partial charge in [-0.3, -0.25) is 0 Å². The molecule has 5 heteroatoms. The average molecular weight is 851 g/mol. The number of rotatable bonds is 6. The Bertz CT molecular complexity index is 2190. The van der Waals surface area contributed by atoms with Crippen molar-refractivity contribution in [3.63, 3.8) is 0 Å². The van der Waals surface area contributed by atoms with Crippen LogP contribution < -0.4 is 5.19 Å². The van der Waals surface area contributed by atoms with Crippen LogP contribution in [0, 0.1) is 17.5 Å². The first-order chi connectivity index (χ1) is 23.4. The van der Waals surface area contributed by atoms with Crippen LogP contribution in [0.2, 0.25) is 19.6 Å². The molecular weight excluding hydrogens is 805 g/mol. The van der Waals surface area contributed by atoms with Gasteiger partial charge in [0.1, 0.15) is 5.58 Å². The minimum absolute atomic E-state index is 0. The summed E-state index contributed by atoms with van der Waals surface area (Å²) < 4.78 is 6.37. The van der Waals surface area contributed by atoms with Crippen molar-refractivity contribution in [2.24, 2.45) is 5.41 Å². The molecule has 0 bridgehead atoms. The number of furan rings is 1. The maximum atomic E-state index is 6.37. The normalized spacial score (nSPS) is 11.7. The molecule has 0 N–H and O–H groups in total. The number of pyridine rings is 2. The molecule has 3 heterocycles. The third-order valence-corrected chi connectivity index (χ3v) is 10.7. The van der Waals surface area contributed by atoms with E-state index in [2.05, 4.69) is 155 Å². The first kappa shape index (κ1) is 37.1. The molecule has 7 rings (SSSR count).